The number of rotatable bonds is 9. The number of amides is 5. The van der Waals surface area contributed by atoms with Crippen molar-refractivity contribution in [2.24, 2.45) is 11.8 Å². The van der Waals surface area contributed by atoms with Gasteiger partial charge in [0.25, 0.3) is 0 Å². The fourth-order valence-corrected chi connectivity index (χ4v) is 6.71. The minimum absolute atomic E-state index is 0.0484. The molecule has 16 nitrogen and oxygen atoms in total. The molecule has 2 aromatic carbocycles. The van der Waals surface area contributed by atoms with Crippen LogP contribution in [-0.2, 0) is 43.4 Å². The Morgan fingerprint density at radius 1 is 0.929 bits per heavy atom. The van der Waals surface area contributed by atoms with Crippen LogP contribution in [0.2, 0.25) is 0 Å². The maximum absolute atomic E-state index is 14.2. The van der Waals surface area contributed by atoms with E-state index in [-0.39, 0.29) is 44.4 Å². The summed E-state index contributed by atoms with van der Waals surface area (Å²) in [6, 6.07) is 10.3. The van der Waals surface area contributed by atoms with E-state index in [9.17, 15) is 24.0 Å². The number of hydrogen-bond donors (Lipinski definition) is 5. The van der Waals surface area contributed by atoms with E-state index in [1.807, 2.05) is 50.2 Å². The van der Waals surface area contributed by atoms with Crippen LogP contribution in [0.1, 0.15) is 69.9 Å². The number of nitrogens with zero attached hydrogens (tertiary/aromatic N) is 4. The predicted molar refractivity (Wildman–Crippen MR) is 209 cm³/mol. The summed E-state index contributed by atoms with van der Waals surface area (Å²) in [7, 11) is 3.10. The van der Waals surface area contributed by atoms with E-state index in [2.05, 4.69) is 31.3 Å². The van der Waals surface area contributed by atoms with Crippen LogP contribution >= 0.6 is 0 Å². The molecule has 0 bridgehead atoms. The summed E-state index contributed by atoms with van der Waals surface area (Å²) in [6.45, 7) is 8.49. The zero-order valence-electron chi connectivity index (χ0n) is 33.1. The Labute approximate surface area is 326 Å². The zero-order valence-corrected chi connectivity index (χ0v) is 33.1. The quantitative estimate of drug-likeness (QED) is 0.170. The summed E-state index contributed by atoms with van der Waals surface area (Å²) in [5.41, 5.74) is 2.50. The number of aromatic amines is 1. The third kappa shape index (κ3) is 10.0. The van der Waals surface area contributed by atoms with Crippen LogP contribution in [0.25, 0.3) is 10.9 Å². The average molecular weight is 772 g/mol. The lowest BCUT2D eigenvalue weighted by atomic mass is 9.96. The maximum atomic E-state index is 14.2. The highest BCUT2D eigenvalue weighted by molar-refractivity contribution is 5.94. The summed E-state index contributed by atoms with van der Waals surface area (Å²) in [5, 5.41) is 17.1. The first kappa shape index (κ1) is 41.2. The standard InChI is InChI=1S/C40H53N9O7/c1-8-24(4)36-39(53)43-25(5)37-45-33(18-26-13-14-31(55-6)32(17-26)56-7)47-49(37)22-34(50)41-15-16-48(40(54)23(2)3)21-35(51)44-30(38(52)46-36)19-27-20-42-29-12-10-9-11-28(27)29/h9-14,17,20,23-25,30,36,42H,8,15-16,18-19,21-22H2,1-7H3,(H,41,50)(H,43,53)(H,44,51)(H,46,52)/t24-,25+,30+,36-/m0/s1. The molecule has 5 N–H and O–H groups in total. The average Bonchev–Trinajstić information content (AvgIpc) is 3.78. The van der Waals surface area contributed by atoms with Crippen molar-refractivity contribution in [3.05, 3.63) is 71.4 Å². The molecule has 3 heterocycles. The number of hydrogen-bond acceptors (Lipinski definition) is 9. The first-order valence-electron chi connectivity index (χ1n) is 19.0. The molecule has 5 amide bonds. The molecule has 4 atom stereocenters. The molecule has 0 saturated heterocycles. The third-order valence-electron chi connectivity index (χ3n) is 9.98. The van der Waals surface area contributed by atoms with Crippen LogP contribution in [0, 0.1) is 11.8 Å². The van der Waals surface area contributed by atoms with Gasteiger partial charge in [0.05, 0.1) is 26.8 Å². The lowest BCUT2D eigenvalue weighted by Crippen LogP contribution is -2.57. The molecule has 4 aromatic rings. The van der Waals surface area contributed by atoms with Gasteiger partial charge in [0.2, 0.25) is 29.5 Å². The van der Waals surface area contributed by atoms with Crippen LogP contribution in [0.5, 0.6) is 11.5 Å². The van der Waals surface area contributed by atoms with E-state index in [1.54, 1.807) is 47.3 Å². The number of nitrogens with one attached hydrogen (secondary N) is 5. The highest BCUT2D eigenvalue weighted by Crippen LogP contribution is 2.28. The smallest absolute Gasteiger partial charge is 0.243 e. The number of aromatic nitrogens is 4. The predicted octanol–water partition coefficient (Wildman–Crippen LogP) is 2.42. The van der Waals surface area contributed by atoms with Gasteiger partial charge in [-0.3, -0.25) is 24.0 Å². The molecule has 2 aromatic heterocycles. The second kappa shape index (κ2) is 18.6. The van der Waals surface area contributed by atoms with Gasteiger partial charge >= 0.3 is 0 Å². The highest BCUT2D eigenvalue weighted by atomic mass is 16.5. The van der Waals surface area contributed by atoms with Crippen molar-refractivity contribution in [3.63, 3.8) is 0 Å². The van der Waals surface area contributed by atoms with E-state index < -0.39 is 47.7 Å². The molecule has 0 fully saturated rings. The Kier molecular flexibility index (Phi) is 13.7. The molecule has 300 valence electrons. The van der Waals surface area contributed by atoms with Gasteiger partial charge < -0.3 is 40.6 Å². The Bertz CT molecular complexity index is 2040. The number of benzene rings is 2. The van der Waals surface area contributed by atoms with E-state index in [4.69, 9.17) is 14.5 Å². The summed E-state index contributed by atoms with van der Waals surface area (Å²) >= 11 is 0. The topological polar surface area (TPSA) is 202 Å². The zero-order chi connectivity index (χ0) is 40.5. The molecule has 16 heteroatoms. The number of fused-ring (bicyclic) bond motifs is 2. The molecular formula is C40H53N9O7. The van der Waals surface area contributed by atoms with Crippen LogP contribution in [-0.4, -0.2) is 100 Å². The van der Waals surface area contributed by atoms with Gasteiger partial charge in [-0.15, -0.1) is 0 Å². The van der Waals surface area contributed by atoms with Gasteiger partial charge in [-0.25, -0.2) is 9.67 Å². The largest absolute Gasteiger partial charge is 0.493 e. The van der Waals surface area contributed by atoms with E-state index in [0.717, 1.165) is 22.0 Å². The Balaban J connectivity index is 1.49. The number of H-pyrrole nitrogens is 1. The number of carbonyl (C=O) groups is 5. The number of ether oxygens (including phenoxy) is 2. The van der Waals surface area contributed by atoms with E-state index >= 15 is 0 Å². The SMILES string of the molecule is CC[C@H](C)[C@@H]1NC(=O)[C@@H](Cc2c[nH]c3ccccc23)NC(=O)CN(C(=O)C(C)C)CCNC(=O)Cn2nc(Cc3ccc(OC)c(OC)c3)nc2[C@@H](C)NC1=O. The lowest BCUT2D eigenvalue weighted by Gasteiger charge is -2.29. The molecule has 0 aliphatic carbocycles. The van der Waals surface area contributed by atoms with Crippen molar-refractivity contribution in [1.82, 2.24) is 45.9 Å². The fraction of sp³-hybridized carbons (Fsp3) is 0.475. The normalized spacial score (nSPS) is 19.6. The third-order valence-corrected chi connectivity index (χ3v) is 9.98. The van der Waals surface area contributed by atoms with Crippen molar-refractivity contribution in [1.29, 1.82) is 0 Å². The van der Waals surface area contributed by atoms with Gasteiger partial charge in [0.1, 0.15) is 24.5 Å². The number of carbonyl (C=O) groups excluding carboxylic acids is 5. The summed E-state index contributed by atoms with van der Waals surface area (Å²) in [4.78, 5) is 77.9. The first-order chi connectivity index (χ1) is 26.8. The molecular weight excluding hydrogens is 718 g/mol. The second-order valence-corrected chi connectivity index (χ2v) is 14.5. The van der Waals surface area contributed by atoms with Crippen LogP contribution in [0.3, 0.4) is 0 Å². The van der Waals surface area contributed by atoms with Gasteiger partial charge in [-0.05, 0) is 42.2 Å². The van der Waals surface area contributed by atoms with Gasteiger partial charge in [-0.2, -0.15) is 5.10 Å². The van der Waals surface area contributed by atoms with Crippen molar-refractivity contribution in [3.8, 4) is 11.5 Å². The van der Waals surface area contributed by atoms with Gasteiger partial charge in [-0.1, -0.05) is 58.4 Å². The Hall–Kier alpha value is -5.93. The van der Waals surface area contributed by atoms with Gasteiger partial charge in [0.15, 0.2) is 17.3 Å². The molecule has 0 spiro atoms. The second-order valence-electron chi connectivity index (χ2n) is 14.5. The monoisotopic (exact) mass is 771 g/mol. The van der Waals surface area contributed by atoms with E-state index in [0.29, 0.717) is 36.0 Å². The van der Waals surface area contributed by atoms with Crippen molar-refractivity contribution < 1.29 is 33.4 Å². The summed E-state index contributed by atoms with van der Waals surface area (Å²) in [5.74, 6) is -1.15. The molecule has 1 aliphatic heterocycles. The molecule has 56 heavy (non-hydrogen) atoms. The molecule has 0 unspecified atom stereocenters. The molecule has 1 aliphatic rings. The molecule has 0 radical (unpaired) electrons. The minimum Gasteiger partial charge on any atom is -0.493 e. The molecule has 0 saturated carbocycles. The first-order valence-corrected chi connectivity index (χ1v) is 19.0. The van der Waals surface area contributed by atoms with Crippen LogP contribution in [0.15, 0.2) is 48.7 Å². The summed E-state index contributed by atoms with van der Waals surface area (Å²) < 4.78 is 12.3. The van der Waals surface area contributed by atoms with Crippen LogP contribution in [0.4, 0.5) is 0 Å². The number of methoxy groups -OCH3 is 2. The van der Waals surface area contributed by atoms with Crippen LogP contribution < -0.4 is 30.7 Å². The minimum atomic E-state index is -1.09. The van der Waals surface area contributed by atoms with Crippen molar-refractivity contribution in [2.45, 2.75) is 78.6 Å². The van der Waals surface area contributed by atoms with E-state index in [1.165, 1.54) is 9.58 Å². The van der Waals surface area contributed by atoms with Crippen molar-refractivity contribution in [2.75, 3.05) is 33.9 Å². The van der Waals surface area contributed by atoms with Gasteiger partial charge in [0, 0.05) is 48.9 Å². The Morgan fingerprint density at radius 3 is 2.39 bits per heavy atom. The maximum Gasteiger partial charge on any atom is 0.243 e. The summed E-state index contributed by atoms with van der Waals surface area (Å²) in [6.07, 6.45) is 2.76. The lowest BCUT2D eigenvalue weighted by molar-refractivity contribution is -0.139. The van der Waals surface area contributed by atoms with Crippen molar-refractivity contribution >= 4 is 40.4 Å². The Morgan fingerprint density at radius 2 is 1.68 bits per heavy atom. The molecule has 5 rings (SSSR count). The highest BCUT2D eigenvalue weighted by Gasteiger charge is 2.33. The number of para-hydroxylation sites is 1. The fourth-order valence-electron chi connectivity index (χ4n) is 6.71.